The van der Waals surface area contributed by atoms with Gasteiger partial charge < -0.3 is 9.80 Å². The molecule has 1 spiro atoms. The van der Waals surface area contributed by atoms with E-state index >= 15 is 0 Å². The summed E-state index contributed by atoms with van der Waals surface area (Å²) in [6, 6.07) is 19.4. The zero-order valence-corrected chi connectivity index (χ0v) is 25.3. The fraction of sp³-hybridized carbons (Fsp3) is 0.429. The van der Waals surface area contributed by atoms with E-state index in [-0.39, 0.29) is 34.8 Å². The summed E-state index contributed by atoms with van der Waals surface area (Å²) < 4.78 is 28.0. The molecular weight excluding hydrogens is 568 g/mol. The molecule has 0 radical (unpaired) electrons. The summed E-state index contributed by atoms with van der Waals surface area (Å²) in [6.07, 6.45) is 4.65. The van der Waals surface area contributed by atoms with E-state index in [1.807, 2.05) is 36.2 Å². The third kappa shape index (κ3) is 4.76. The molecule has 7 rings (SSSR count). The van der Waals surface area contributed by atoms with Crippen LogP contribution in [0.15, 0.2) is 66.7 Å². The largest absolute Gasteiger partial charge is 0.341 e. The third-order valence-corrected chi connectivity index (χ3v) is 10.9. The van der Waals surface area contributed by atoms with Crippen LogP contribution in [-0.2, 0) is 27.0 Å². The smallest absolute Gasteiger partial charge is 0.233 e. The van der Waals surface area contributed by atoms with Gasteiger partial charge in [0.1, 0.15) is 11.6 Å². The van der Waals surface area contributed by atoms with Crippen LogP contribution in [0.3, 0.4) is 0 Å². The molecule has 3 heterocycles. The first-order valence-corrected chi connectivity index (χ1v) is 15.6. The predicted octanol–water partition coefficient (Wildman–Crippen LogP) is 6.47. The van der Waals surface area contributed by atoms with Crippen molar-refractivity contribution in [3.05, 3.63) is 100 Å². The number of piperidine rings is 1. The molecule has 5 nitrogen and oxygen atoms in total. The Balaban J connectivity index is 1.13. The average molecular weight is 604 g/mol. The van der Waals surface area contributed by atoms with Crippen molar-refractivity contribution in [2.24, 2.45) is 5.92 Å². The minimum absolute atomic E-state index is 0.00601. The molecule has 2 amide bonds. The van der Waals surface area contributed by atoms with Crippen molar-refractivity contribution in [1.82, 2.24) is 9.80 Å². The number of fused-ring (bicyclic) bond motifs is 4. The van der Waals surface area contributed by atoms with E-state index < -0.39 is 5.41 Å². The molecule has 3 aromatic carbocycles. The summed E-state index contributed by atoms with van der Waals surface area (Å²) in [7, 11) is 1.82. The van der Waals surface area contributed by atoms with Crippen molar-refractivity contribution in [3.8, 4) is 0 Å². The SMILES string of the molecule is CC(=O)N1CC2(CC3CCC(C2)N3C[C@@H]2C[C@@]2(C(=O)N(C)Cc2ccc(F)cc2)c2ccc(Cl)cc2)c2cc(F)ccc21. The number of carbonyl (C=O) groups excluding carboxylic acids is 2. The van der Waals surface area contributed by atoms with Gasteiger partial charge in [-0.05, 0) is 97.2 Å². The molecular formula is C35H36ClF2N3O2. The highest BCUT2D eigenvalue weighted by Crippen LogP contribution is 2.59. The second kappa shape index (κ2) is 10.4. The summed E-state index contributed by atoms with van der Waals surface area (Å²) in [5.74, 6) is -0.338. The Kier molecular flexibility index (Phi) is 6.90. The van der Waals surface area contributed by atoms with Gasteiger partial charge >= 0.3 is 0 Å². The molecule has 2 bridgehead atoms. The van der Waals surface area contributed by atoms with E-state index in [0.29, 0.717) is 30.2 Å². The van der Waals surface area contributed by atoms with E-state index in [2.05, 4.69) is 4.90 Å². The molecule has 8 heteroatoms. The standard InChI is InChI=1S/C35H36ClF2N3O2/c1-22(42)41-21-34(31-15-28(38)11-14-32(31)41)17-29-12-13-30(18-34)40(29)20-25-16-35(25,24-5-7-26(36)8-6-24)33(43)39(2)19-23-3-9-27(37)10-4-23/h3-11,14-15,25,29-30H,12-13,16-21H2,1-2H3/t25-,29?,30?,34?,35+/m0/s1. The fourth-order valence-corrected chi connectivity index (χ4v) is 8.70. The first-order valence-electron chi connectivity index (χ1n) is 15.2. The molecule has 0 aromatic heterocycles. The van der Waals surface area contributed by atoms with Crippen LogP contribution in [0.1, 0.15) is 55.7 Å². The second-order valence-electron chi connectivity index (χ2n) is 13.2. The molecule has 4 aliphatic rings. The van der Waals surface area contributed by atoms with Gasteiger partial charge in [-0.1, -0.05) is 35.9 Å². The minimum Gasteiger partial charge on any atom is -0.341 e. The number of hydrogen-bond donors (Lipinski definition) is 0. The first kappa shape index (κ1) is 28.5. The number of rotatable bonds is 6. The molecule has 2 saturated heterocycles. The molecule has 43 heavy (non-hydrogen) atoms. The van der Waals surface area contributed by atoms with Gasteiger partial charge in [0, 0.05) is 61.8 Å². The van der Waals surface area contributed by atoms with Crippen LogP contribution in [0, 0.1) is 17.6 Å². The van der Waals surface area contributed by atoms with E-state index in [9.17, 15) is 18.4 Å². The Morgan fingerprint density at radius 3 is 2.23 bits per heavy atom. The summed E-state index contributed by atoms with van der Waals surface area (Å²) >= 11 is 6.24. The number of benzene rings is 3. The summed E-state index contributed by atoms with van der Waals surface area (Å²) in [6.45, 7) is 3.41. The maximum absolute atomic E-state index is 14.5. The van der Waals surface area contributed by atoms with Crippen LogP contribution in [0.4, 0.5) is 14.5 Å². The van der Waals surface area contributed by atoms with Crippen LogP contribution >= 0.6 is 11.6 Å². The van der Waals surface area contributed by atoms with Crippen molar-refractivity contribution in [2.75, 3.05) is 25.0 Å². The van der Waals surface area contributed by atoms with Gasteiger partial charge in [-0.3, -0.25) is 14.5 Å². The number of hydrogen-bond acceptors (Lipinski definition) is 3. The number of nitrogens with zero attached hydrogens (tertiary/aromatic N) is 3. The second-order valence-corrected chi connectivity index (χ2v) is 13.6. The van der Waals surface area contributed by atoms with Crippen molar-refractivity contribution in [1.29, 1.82) is 0 Å². The maximum Gasteiger partial charge on any atom is 0.233 e. The quantitative estimate of drug-likeness (QED) is 0.325. The van der Waals surface area contributed by atoms with Gasteiger partial charge in [0.2, 0.25) is 11.8 Å². The molecule has 2 unspecified atom stereocenters. The molecule has 4 atom stereocenters. The summed E-state index contributed by atoms with van der Waals surface area (Å²) in [5, 5.41) is 0.635. The lowest BCUT2D eigenvalue weighted by Crippen LogP contribution is -2.52. The molecule has 3 fully saturated rings. The molecule has 1 aliphatic carbocycles. The molecule has 224 valence electrons. The highest BCUT2D eigenvalue weighted by atomic mass is 35.5. The van der Waals surface area contributed by atoms with Gasteiger partial charge in [-0.25, -0.2) is 8.78 Å². The van der Waals surface area contributed by atoms with Gasteiger partial charge in [0.25, 0.3) is 0 Å². The third-order valence-electron chi connectivity index (χ3n) is 10.6. The number of amides is 2. The lowest BCUT2D eigenvalue weighted by atomic mass is 9.71. The Morgan fingerprint density at radius 1 is 0.930 bits per heavy atom. The van der Waals surface area contributed by atoms with E-state index in [4.69, 9.17) is 11.6 Å². The number of likely N-dealkylation sites (N-methyl/N-ethyl adjacent to an activating group) is 1. The maximum atomic E-state index is 14.5. The van der Waals surface area contributed by atoms with Gasteiger partial charge in [0.05, 0.1) is 5.41 Å². The molecule has 1 saturated carbocycles. The van der Waals surface area contributed by atoms with E-state index in [0.717, 1.165) is 61.0 Å². The minimum atomic E-state index is -0.636. The number of anilines is 1. The molecule has 0 N–H and O–H groups in total. The van der Waals surface area contributed by atoms with Crippen LogP contribution in [0.5, 0.6) is 0 Å². The Morgan fingerprint density at radius 2 is 1.58 bits per heavy atom. The highest BCUT2D eigenvalue weighted by Gasteiger charge is 2.63. The normalized spacial score (nSPS) is 29.1. The van der Waals surface area contributed by atoms with Crippen molar-refractivity contribution in [2.45, 2.75) is 68.5 Å². The number of halogens is 3. The monoisotopic (exact) mass is 603 g/mol. The lowest BCUT2D eigenvalue weighted by molar-refractivity contribution is -0.133. The average Bonchev–Trinajstić information content (AvgIpc) is 3.55. The Labute approximate surface area is 256 Å². The highest BCUT2D eigenvalue weighted by molar-refractivity contribution is 6.30. The summed E-state index contributed by atoms with van der Waals surface area (Å²) in [4.78, 5) is 33.0. The zero-order valence-electron chi connectivity index (χ0n) is 24.5. The van der Waals surface area contributed by atoms with E-state index in [1.165, 1.54) is 18.2 Å². The van der Waals surface area contributed by atoms with Crippen LogP contribution in [-0.4, -0.2) is 53.8 Å². The predicted molar refractivity (Wildman–Crippen MR) is 163 cm³/mol. The topological polar surface area (TPSA) is 43.9 Å². The van der Waals surface area contributed by atoms with Crippen molar-refractivity contribution >= 4 is 29.1 Å². The van der Waals surface area contributed by atoms with Gasteiger partial charge in [-0.15, -0.1) is 0 Å². The first-order chi connectivity index (χ1) is 20.6. The van der Waals surface area contributed by atoms with Gasteiger partial charge in [0.15, 0.2) is 0 Å². The number of carbonyl (C=O) groups is 2. The summed E-state index contributed by atoms with van der Waals surface area (Å²) in [5.41, 5.74) is 2.80. The van der Waals surface area contributed by atoms with Crippen LogP contribution in [0.25, 0.3) is 0 Å². The fourth-order valence-electron chi connectivity index (χ4n) is 8.58. The van der Waals surface area contributed by atoms with Crippen LogP contribution in [0.2, 0.25) is 5.02 Å². The van der Waals surface area contributed by atoms with Crippen molar-refractivity contribution < 1.29 is 18.4 Å². The zero-order chi connectivity index (χ0) is 30.1. The molecule has 3 aromatic rings. The lowest BCUT2D eigenvalue weighted by Gasteiger charge is -2.45. The van der Waals surface area contributed by atoms with Crippen molar-refractivity contribution in [3.63, 3.8) is 0 Å². The van der Waals surface area contributed by atoms with Gasteiger partial charge in [-0.2, -0.15) is 0 Å². The van der Waals surface area contributed by atoms with E-state index in [1.54, 1.807) is 36.1 Å². The molecule has 3 aliphatic heterocycles. The Hall–Kier alpha value is -3.29. The van der Waals surface area contributed by atoms with Crippen LogP contribution < -0.4 is 4.90 Å². The Bertz CT molecular complexity index is 1560.